The molecule has 1 aromatic heterocycles. The number of hydrogen-bond donors (Lipinski definition) is 0. The topological polar surface area (TPSA) is 58.6 Å². The predicted octanol–water partition coefficient (Wildman–Crippen LogP) is 5.54. The van der Waals surface area contributed by atoms with Gasteiger partial charge in [-0.05, 0) is 68.2 Å². The highest BCUT2D eigenvalue weighted by Crippen LogP contribution is 2.48. The first-order chi connectivity index (χ1) is 15.0. The molecule has 32 heavy (non-hydrogen) atoms. The van der Waals surface area contributed by atoms with E-state index in [9.17, 15) is 9.18 Å². The van der Waals surface area contributed by atoms with Gasteiger partial charge in [-0.2, -0.15) is 14.4 Å². The maximum Gasteiger partial charge on any atom is 0.410 e. The molecular formula is C22H22ClF2IN4O2. The van der Waals surface area contributed by atoms with Crippen molar-refractivity contribution >= 4 is 62.6 Å². The number of benzene rings is 1. The highest BCUT2D eigenvalue weighted by molar-refractivity contribution is 14.1. The standard InChI is InChI=1S/C22H22ClF2IN4O2/c1-9-7-12-11-6-5-10(30(11)21(31)32-22(2,3)4)8-29(12)19-14-13(9)15(23)17(26)16(24)18(14)27-20(25)28-19/h10-12H,1,5-8H2,2-4H3/t10-,11+,12-/m1/s1. The lowest BCUT2D eigenvalue weighted by Gasteiger charge is -2.47. The van der Waals surface area contributed by atoms with E-state index < -0.39 is 17.5 Å². The molecule has 0 radical (unpaired) electrons. The number of piperazine rings is 1. The number of amides is 1. The number of nitrogens with zero attached hydrogens (tertiary/aromatic N) is 4. The molecule has 2 fully saturated rings. The third-order valence-corrected chi connectivity index (χ3v) is 8.12. The summed E-state index contributed by atoms with van der Waals surface area (Å²) < 4.78 is 35.4. The van der Waals surface area contributed by atoms with Crippen molar-refractivity contribution in [3.8, 4) is 0 Å². The van der Waals surface area contributed by atoms with E-state index in [1.54, 1.807) is 22.6 Å². The van der Waals surface area contributed by atoms with Crippen LogP contribution in [0.2, 0.25) is 5.02 Å². The Balaban J connectivity index is 1.67. The van der Waals surface area contributed by atoms with Gasteiger partial charge < -0.3 is 9.64 Å². The molecule has 6 nitrogen and oxygen atoms in total. The van der Waals surface area contributed by atoms with Crippen LogP contribution in [0.3, 0.4) is 0 Å². The molecule has 0 saturated carbocycles. The Bertz CT molecular complexity index is 1190. The molecule has 0 N–H and O–H groups in total. The van der Waals surface area contributed by atoms with Gasteiger partial charge in [-0.15, -0.1) is 0 Å². The van der Waals surface area contributed by atoms with E-state index in [0.29, 0.717) is 35.3 Å². The average Bonchev–Trinajstić information content (AvgIpc) is 2.97. The van der Waals surface area contributed by atoms with Crippen molar-refractivity contribution in [1.82, 2.24) is 14.9 Å². The predicted molar refractivity (Wildman–Crippen MR) is 127 cm³/mol. The van der Waals surface area contributed by atoms with Crippen molar-refractivity contribution in [2.45, 2.75) is 63.8 Å². The van der Waals surface area contributed by atoms with Crippen LogP contribution in [0.15, 0.2) is 6.58 Å². The fraction of sp³-hybridized carbons (Fsp3) is 0.500. The Morgan fingerprint density at radius 2 is 1.97 bits per heavy atom. The van der Waals surface area contributed by atoms with Crippen molar-refractivity contribution in [2.75, 3.05) is 11.4 Å². The van der Waals surface area contributed by atoms with E-state index in [-0.39, 0.29) is 38.3 Å². The molecule has 1 aromatic carbocycles. The molecule has 4 heterocycles. The van der Waals surface area contributed by atoms with Crippen LogP contribution in [-0.4, -0.2) is 51.2 Å². The van der Waals surface area contributed by atoms with Crippen molar-refractivity contribution in [2.24, 2.45) is 0 Å². The Labute approximate surface area is 203 Å². The first kappa shape index (κ1) is 22.1. The molecule has 3 aliphatic heterocycles. The number of rotatable bonds is 0. The first-order valence-electron chi connectivity index (χ1n) is 10.5. The van der Waals surface area contributed by atoms with E-state index in [4.69, 9.17) is 16.3 Å². The van der Waals surface area contributed by atoms with Gasteiger partial charge >= 0.3 is 12.2 Å². The Morgan fingerprint density at radius 1 is 1.25 bits per heavy atom. The van der Waals surface area contributed by atoms with Gasteiger partial charge in [0.05, 0.1) is 32.1 Å². The number of carbonyl (C=O) groups is 1. The highest BCUT2D eigenvalue weighted by atomic mass is 127. The van der Waals surface area contributed by atoms with Crippen molar-refractivity contribution in [3.63, 3.8) is 0 Å². The maximum atomic E-state index is 15.1. The van der Waals surface area contributed by atoms with E-state index >= 15 is 4.39 Å². The van der Waals surface area contributed by atoms with Crippen LogP contribution in [0, 0.1) is 15.5 Å². The van der Waals surface area contributed by atoms with Crippen LogP contribution < -0.4 is 4.90 Å². The molecule has 2 aromatic rings. The van der Waals surface area contributed by atoms with E-state index in [1.165, 1.54) is 0 Å². The summed E-state index contributed by atoms with van der Waals surface area (Å²) in [5, 5.41) is 0.609. The fourth-order valence-corrected chi connectivity index (χ4v) is 6.09. The highest BCUT2D eigenvalue weighted by Gasteiger charge is 2.51. The minimum atomic E-state index is -0.997. The van der Waals surface area contributed by atoms with Crippen LogP contribution >= 0.6 is 34.2 Å². The molecule has 170 valence electrons. The summed E-state index contributed by atoms with van der Waals surface area (Å²) in [6, 6.07) is -0.487. The smallest absolute Gasteiger partial charge is 0.410 e. The zero-order valence-electron chi connectivity index (χ0n) is 17.9. The lowest BCUT2D eigenvalue weighted by atomic mass is 9.93. The second-order valence-electron chi connectivity index (χ2n) is 9.57. The van der Waals surface area contributed by atoms with E-state index in [2.05, 4.69) is 16.5 Å². The van der Waals surface area contributed by atoms with E-state index in [1.807, 2.05) is 30.6 Å². The molecule has 2 saturated heterocycles. The van der Waals surface area contributed by atoms with Crippen LogP contribution in [0.4, 0.5) is 19.4 Å². The summed E-state index contributed by atoms with van der Waals surface area (Å²) in [6.45, 7) is 10.2. The number of ether oxygens (including phenoxy) is 1. The number of fused-ring (bicyclic) bond motifs is 5. The van der Waals surface area contributed by atoms with Gasteiger partial charge in [0, 0.05) is 12.1 Å². The van der Waals surface area contributed by atoms with Gasteiger partial charge in [-0.25, -0.2) is 9.18 Å². The Hall–Kier alpha value is -1.75. The van der Waals surface area contributed by atoms with Crippen LogP contribution in [0.25, 0.3) is 16.5 Å². The van der Waals surface area contributed by atoms with Crippen molar-refractivity contribution in [3.05, 3.63) is 32.6 Å². The summed E-state index contributed by atoms with van der Waals surface area (Å²) in [5.41, 5.74) is 0.536. The first-order valence-corrected chi connectivity index (χ1v) is 11.9. The van der Waals surface area contributed by atoms with Crippen molar-refractivity contribution < 1.29 is 18.3 Å². The Morgan fingerprint density at radius 3 is 2.66 bits per heavy atom. The third-order valence-electron chi connectivity index (χ3n) is 6.41. The molecule has 5 rings (SSSR count). The quantitative estimate of drug-likeness (QED) is 0.235. The molecule has 3 atom stereocenters. The van der Waals surface area contributed by atoms with Crippen molar-refractivity contribution in [1.29, 1.82) is 0 Å². The summed E-state index contributed by atoms with van der Waals surface area (Å²) in [4.78, 5) is 24.7. The number of hydrogen-bond acceptors (Lipinski definition) is 5. The molecule has 0 unspecified atom stereocenters. The summed E-state index contributed by atoms with van der Waals surface area (Å²) in [7, 11) is 0. The lowest BCUT2D eigenvalue weighted by Crippen LogP contribution is -2.62. The van der Waals surface area contributed by atoms with Crippen LogP contribution in [0.1, 0.15) is 45.6 Å². The monoisotopic (exact) mass is 574 g/mol. The molecule has 3 aliphatic rings. The van der Waals surface area contributed by atoms with Crippen LogP contribution in [-0.2, 0) is 4.74 Å². The van der Waals surface area contributed by atoms with Gasteiger partial charge in [0.15, 0.2) is 5.82 Å². The zero-order chi connectivity index (χ0) is 23.1. The molecule has 0 spiro atoms. The van der Waals surface area contributed by atoms with E-state index in [0.717, 1.165) is 12.8 Å². The van der Waals surface area contributed by atoms with Gasteiger partial charge in [0.2, 0.25) is 0 Å². The summed E-state index contributed by atoms with van der Waals surface area (Å²) in [6.07, 6.45) is 0.712. The van der Waals surface area contributed by atoms with Crippen LogP contribution in [0.5, 0.6) is 0 Å². The molecule has 10 heteroatoms. The lowest BCUT2D eigenvalue weighted by molar-refractivity contribution is 0.00777. The minimum absolute atomic E-state index is 0.0972. The number of aromatic nitrogens is 2. The Kier molecular flexibility index (Phi) is 5.09. The third kappa shape index (κ3) is 3.26. The zero-order valence-corrected chi connectivity index (χ0v) is 20.8. The molecular weight excluding hydrogens is 553 g/mol. The summed E-state index contributed by atoms with van der Waals surface area (Å²) in [5.74, 6) is -0.359. The molecule has 2 bridgehead atoms. The number of carbonyl (C=O) groups excluding carboxylic acids is 1. The molecule has 0 aliphatic carbocycles. The van der Waals surface area contributed by atoms with Gasteiger partial charge in [-0.3, -0.25) is 4.90 Å². The van der Waals surface area contributed by atoms with Gasteiger partial charge in [0.25, 0.3) is 0 Å². The van der Waals surface area contributed by atoms with Gasteiger partial charge in [-0.1, -0.05) is 18.2 Å². The SMILES string of the molecule is C=C1C[C@@H]2[C@@H]3CC[C@H](CN2c2nc(F)nc4c(F)c(I)c(Cl)c1c24)N3C(=O)OC(C)(C)C. The normalized spacial score (nSPS) is 24.6. The number of anilines is 1. The maximum absolute atomic E-state index is 15.1. The van der Waals surface area contributed by atoms with Gasteiger partial charge in [0.1, 0.15) is 16.9 Å². The molecule has 1 amide bonds. The number of halogens is 4. The second kappa shape index (κ2) is 7.38. The largest absolute Gasteiger partial charge is 0.444 e. The minimum Gasteiger partial charge on any atom is -0.444 e. The average molecular weight is 575 g/mol. The summed E-state index contributed by atoms with van der Waals surface area (Å²) >= 11 is 8.36. The fourth-order valence-electron chi connectivity index (χ4n) is 5.25. The second-order valence-corrected chi connectivity index (χ2v) is 11.0.